The van der Waals surface area contributed by atoms with E-state index in [4.69, 9.17) is 4.74 Å². The van der Waals surface area contributed by atoms with Gasteiger partial charge in [-0.3, -0.25) is 4.79 Å². The van der Waals surface area contributed by atoms with Gasteiger partial charge in [0, 0.05) is 6.54 Å². The normalized spacial score (nSPS) is 14.4. The molecule has 0 spiro atoms. The van der Waals surface area contributed by atoms with E-state index < -0.39 is 0 Å². The maximum absolute atomic E-state index is 12.7. The number of unbranched alkanes of at least 4 members (excludes halogenated alkanes) is 1. The van der Waals surface area contributed by atoms with Crippen LogP contribution in [0.4, 0.5) is 4.39 Å². The van der Waals surface area contributed by atoms with Crippen molar-refractivity contribution in [1.29, 1.82) is 0 Å². The van der Waals surface area contributed by atoms with Crippen LogP contribution in [-0.4, -0.2) is 43.6 Å². The van der Waals surface area contributed by atoms with Crippen molar-refractivity contribution in [1.82, 2.24) is 10.2 Å². The van der Waals surface area contributed by atoms with Crippen molar-refractivity contribution in [3.05, 3.63) is 30.1 Å². The topological polar surface area (TPSA) is 41.6 Å². The fourth-order valence-corrected chi connectivity index (χ4v) is 2.43. The fraction of sp³-hybridized carbons (Fsp3) is 0.562. The third-order valence-corrected chi connectivity index (χ3v) is 3.61. The molecule has 22 heavy (non-hydrogen) atoms. The maximum atomic E-state index is 12.7. The van der Waals surface area contributed by atoms with Gasteiger partial charge in [0.2, 0.25) is 0 Å². The van der Waals surface area contributed by atoms with E-state index in [1.807, 2.05) is 0 Å². The molecule has 1 aromatic rings. The molecule has 0 atom stereocenters. The van der Waals surface area contributed by atoms with Crippen LogP contribution in [0.25, 0.3) is 0 Å². The number of nitrogens with one attached hydrogen (secondary N) is 1. The summed E-state index contributed by atoms with van der Waals surface area (Å²) in [6.07, 6.45) is 4.73. The van der Waals surface area contributed by atoms with Crippen molar-refractivity contribution in [2.45, 2.75) is 25.7 Å². The highest BCUT2D eigenvalue weighted by molar-refractivity contribution is 5.85. The second kappa shape index (κ2) is 10.4. The molecule has 1 heterocycles. The van der Waals surface area contributed by atoms with Crippen LogP contribution in [0.1, 0.15) is 25.7 Å². The number of hydrogen-bond donors (Lipinski definition) is 1. The van der Waals surface area contributed by atoms with Crippen molar-refractivity contribution in [2.75, 3.05) is 32.8 Å². The number of likely N-dealkylation sites (tertiary alicyclic amines) is 1. The van der Waals surface area contributed by atoms with Gasteiger partial charge in [0.1, 0.15) is 11.6 Å². The zero-order valence-corrected chi connectivity index (χ0v) is 13.5. The minimum atomic E-state index is -0.315. The number of benzene rings is 1. The first-order valence-corrected chi connectivity index (χ1v) is 7.61. The van der Waals surface area contributed by atoms with Gasteiger partial charge < -0.3 is 15.0 Å². The van der Waals surface area contributed by atoms with Crippen molar-refractivity contribution in [3.63, 3.8) is 0 Å². The molecule has 0 unspecified atom stereocenters. The Morgan fingerprint density at radius 3 is 2.55 bits per heavy atom. The molecule has 1 saturated heterocycles. The van der Waals surface area contributed by atoms with Crippen molar-refractivity contribution in [2.24, 2.45) is 0 Å². The lowest BCUT2D eigenvalue weighted by atomic mass is 10.3. The largest absolute Gasteiger partial charge is 0.484 e. The summed E-state index contributed by atoms with van der Waals surface area (Å²) >= 11 is 0. The van der Waals surface area contributed by atoms with Gasteiger partial charge in [0.25, 0.3) is 5.91 Å². The molecule has 1 aromatic carbocycles. The average Bonchev–Trinajstić information content (AvgIpc) is 2.99. The van der Waals surface area contributed by atoms with Gasteiger partial charge in [-0.2, -0.15) is 0 Å². The summed E-state index contributed by atoms with van der Waals surface area (Å²) in [6.45, 7) is 4.22. The highest BCUT2D eigenvalue weighted by Crippen LogP contribution is 2.10. The van der Waals surface area contributed by atoms with Crippen molar-refractivity contribution in [3.8, 4) is 5.75 Å². The lowest BCUT2D eigenvalue weighted by Crippen LogP contribution is -2.30. The molecule has 1 aliphatic rings. The molecule has 6 heteroatoms. The highest BCUT2D eigenvalue weighted by Gasteiger charge is 2.10. The number of rotatable bonds is 8. The van der Waals surface area contributed by atoms with Gasteiger partial charge in [-0.1, -0.05) is 0 Å². The summed E-state index contributed by atoms with van der Waals surface area (Å²) in [5, 5.41) is 2.83. The third kappa shape index (κ3) is 7.09. The van der Waals surface area contributed by atoms with Crippen LogP contribution in [0, 0.1) is 5.82 Å². The lowest BCUT2D eigenvalue weighted by Gasteiger charge is -2.14. The number of ether oxygens (including phenoxy) is 1. The number of carbonyl (C=O) groups excluding carboxylic acids is 1. The second-order valence-electron chi connectivity index (χ2n) is 5.35. The number of nitrogens with zero attached hydrogens (tertiary/aromatic N) is 1. The van der Waals surface area contributed by atoms with Crippen LogP contribution in [0.15, 0.2) is 24.3 Å². The average molecular weight is 331 g/mol. The standard InChI is InChI=1S/C16H23FN2O2.ClH/c17-14-5-7-15(8-6-14)21-13-16(20)18-9-1-2-10-19-11-3-4-12-19;/h5-8H,1-4,9-13H2,(H,18,20);1H. The molecule has 0 aliphatic carbocycles. The molecule has 0 radical (unpaired) electrons. The number of halogens is 2. The summed E-state index contributed by atoms with van der Waals surface area (Å²) < 4.78 is 18.0. The Morgan fingerprint density at radius 1 is 1.18 bits per heavy atom. The van der Waals surface area contributed by atoms with Gasteiger partial charge in [-0.25, -0.2) is 4.39 Å². The number of carbonyl (C=O) groups is 1. The van der Waals surface area contributed by atoms with E-state index in [0.29, 0.717) is 12.3 Å². The molecule has 2 rings (SSSR count). The Labute approximate surface area is 137 Å². The van der Waals surface area contributed by atoms with E-state index in [9.17, 15) is 9.18 Å². The minimum Gasteiger partial charge on any atom is -0.484 e. The van der Waals surface area contributed by atoms with E-state index in [1.165, 1.54) is 50.2 Å². The fourth-order valence-electron chi connectivity index (χ4n) is 2.43. The van der Waals surface area contributed by atoms with Crippen molar-refractivity contribution >= 4 is 18.3 Å². The molecule has 1 fully saturated rings. The first kappa shape index (κ1) is 18.7. The van der Waals surface area contributed by atoms with E-state index in [-0.39, 0.29) is 30.7 Å². The van der Waals surface area contributed by atoms with Crippen LogP contribution in [-0.2, 0) is 4.79 Å². The van der Waals surface area contributed by atoms with Gasteiger partial charge >= 0.3 is 0 Å². The lowest BCUT2D eigenvalue weighted by molar-refractivity contribution is -0.123. The molecule has 4 nitrogen and oxygen atoms in total. The molecule has 1 amide bonds. The predicted molar refractivity (Wildman–Crippen MR) is 87.1 cm³/mol. The number of hydrogen-bond acceptors (Lipinski definition) is 3. The highest BCUT2D eigenvalue weighted by atomic mass is 35.5. The molecular weight excluding hydrogens is 307 g/mol. The summed E-state index contributed by atoms with van der Waals surface area (Å²) in [5.41, 5.74) is 0. The molecule has 1 N–H and O–H groups in total. The zero-order valence-electron chi connectivity index (χ0n) is 12.7. The van der Waals surface area contributed by atoms with Crippen molar-refractivity contribution < 1.29 is 13.9 Å². The van der Waals surface area contributed by atoms with Crippen LogP contribution in [0.3, 0.4) is 0 Å². The maximum Gasteiger partial charge on any atom is 0.257 e. The van der Waals surface area contributed by atoms with E-state index >= 15 is 0 Å². The van der Waals surface area contributed by atoms with Gasteiger partial charge in [0.05, 0.1) is 0 Å². The summed E-state index contributed by atoms with van der Waals surface area (Å²) in [7, 11) is 0. The van der Waals surface area contributed by atoms with Gasteiger partial charge in [-0.15, -0.1) is 12.4 Å². The summed E-state index contributed by atoms with van der Waals surface area (Å²) in [4.78, 5) is 14.1. The predicted octanol–water partition coefficient (Wildman–Crippen LogP) is 2.62. The van der Waals surface area contributed by atoms with E-state index in [2.05, 4.69) is 10.2 Å². The Kier molecular flexibility index (Phi) is 8.85. The van der Waals surface area contributed by atoms with Gasteiger partial charge in [0.15, 0.2) is 6.61 Å². The van der Waals surface area contributed by atoms with E-state index in [0.717, 1.165) is 19.4 Å². The molecule has 124 valence electrons. The van der Waals surface area contributed by atoms with Crippen LogP contribution >= 0.6 is 12.4 Å². The smallest absolute Gasteiger partial charge is 0.257 e. The summed E-state index contributed by atoms with van der Waals surface area (Å²) in [5.74, 6) is 0.0471. The zero-order chi connectivity index (χ0) is 14.9. The van der Waals surface area contributed by atoms with Gasteiger partial charge in [-0.05, 0) is 69.6 Å². The first-order chi connectivity index (χ1) is 10.2. The monoisotopic (exact) mass is 330 g/mol. The molecule has 0 aromatic heterocycles. The van der Waals surface area contributed by atoms with E-state index in [1.54, 1.807) is 0 Å². The molecule has 0 saturated carbocycles. The quantitative estimate of drug-likeness (QED) is 0.745. The third-order valence-electron chi connectivity index (χ3n) is 3.61. The van der Waals surface area contributed by atoms with Crippen LogP contribution < -0.4 is 10.1 Å². The Hall–Kier alpha value is -1.33. The number of amides is 1. The summed E-state index contributed by atoms with van der Waals surface area (Å²) in [6, 6.07) is 5.65. The SMILES string of the molecule is Cl.O=C(COc1ccc(F)cc1)NCCCCN1CCCC1. The molecule has 1 aliphatic heterocycles. The Balaban J connectivity index is 0.00000242. The Morgan fingerprint density at radius 2 is 1.86 bits per heavy atom. The molecular formula is C16H24ClFN2O2. The Bertz CT molecular complexity index is 436. The molecule has 0 bridgehead atoms. The van der Waals surface area contributed by atoms with Crippen LogP contribution in [0.5, 0.6) is 5.75 Å². The first-order valence-electron chi connectivity index (χ1n) is 7.61. The minimum absolute atomic E-state index is 0. The second-order valence-corrected chi connectivity index (χ2v) is 5.35. The van der Waals surface area contributed by atoms with Crippen LogP contribution in [0.2, 0.25) is 0 Å².